The molecule has 0 spiro atoms. The Balaban J connectivity index is 1.53. The van der Waals surface area contributed by atoms with Crippen LogP contribution in [0.3, 0.4) is 0 Å². The van der Waals surface area contributed by atoms with Crippen molar-refractivity contribution < 1.29 is 15.3 Å². The number of fused-ring (bicyclic) bond motifs is 5. The number of rotatable bonds is 7. The van der Waals surface area contributed by atoms with Crippen molar-refractivity contribution in [1.82, 2.24) is 0 Å². The monoisotopic (exact) mass is 470 g/mol. The van der Waals surface area contributed by atoms with Crippen molar-refractivity contribution in [3.63, 3.8) is 0 Å². The molecule has 3 N–H and O–H groups in total. The van der Waals surface area contributed by atoms with Gasteiger partial charge in [0.15, 0.2) is 0 Å². The van der Waals surface area contributed by atoms with E-state index in [2.05, 4.69) is 52.0 Å². The Morgan fingerprint density at radius 1 is 1.12 bits per heavy atom. The molecule has 3 saturated carbocycles. The summed E-state index contributed by atoms with van der Waals surface area (Å²) in [6, 6.07) is 0. The molecule has 0 aromatic carbocycles. The van der Waals surface area contributed by atoms with Gasteiger partial charge in [0.1, 0.15) is 0 Å². The molecule has 3 heteroatoms. The predicted molar refractivity (Wildman–Crippen MR) is 140 cm³/mol. The Morgan fingerprint density at radius 2 is 1.85 bits per heavy atom. The fraction of sp³-hybridized carbons (Fsp3) is 0.806. The van der Waals surface area contributed by atoms with Crippen LogP contribution >= 0.6 is 0 Å². The maximum absolute atomic E-state index is 11.1. The fourth-order valence-electron chi connectivity index (χ4n) is 8.64. The number of aliphatic hydroxyl groups excluding tert-OH is 2. The lowest BCUT2D eigenvalue weighted by atomic mass is 9.49. The minimum absolute atomic E-state index is 0.205. The molecule has 0 amide bonds. The van der Waals surface area contributed by atoms with Crippen molar-refractivity contribution in [2.45, 2.75) is 117 Å². The van der Waals surface area contributed by atoms with E-state index in [4.69, 9.17) is 0 Å². The van der Waals surface area contributed by atoms with Crippen molar-refractivity contribution in [2.75, 3.05) is 0 Å². The van der Waals surface area contributed by atoms with Gasteiger partial charge in [-0.15, -0.1) is 0 Å². The van der Waals surface area contributed by atoms with E-state index in [1.54, 1.807) is 5.57 Å². The fourth-order valence-corrected chi connectivity index (χ4v) is 8.64. The van der Waals surface area contributed by atoms with E-state index in [9.17, 15) is 15.3 Å². The van der Waals surface area contributed by atoms with Crippen LogP contribution in [0.1, 0.15) is 99.3 Å². The summed E-state index contributed by atoms with van der Waals surface area (Å²) in [6.07, 6.45) is 17.7. The van der Waals surface area contributed by atoms with Crippen molar-refractivity contribution >= 4 is 0 Å². The summed E-state index contributed by atoms with van der Waals surface area (Å²) in [5.41, 5.74) is 2.39. The van der Waals surface area contributed by atoms with Crippen LogP contribution in [0.25, 0.3) is 0 Å². The third-order valence-corrected chi connectivity index (χ3v) is 10.8. The molecular formula is C31H50O3. The zero-order chi connectivity index (χ0) is 24.9. The lowest BCUT2D eigenvalue weighted by molar-refractivity contribution is -0.0550. The third-order valence-electron chi connectivity index (χ3n) is 10.8. The van der Waals surface area contributed by atoms with Gasteiger partial charge in [-0.3, -0.25) is 0 Å². The molecule has 3 fully saturated rings. The van der Waals surface area contributed by atoms with Gasteiger partial charge in [-0.2, -0.15) is 0 Å². The van der Waals surface area contributed by atoms with Crippen LogP contribution in [0.5, 0.6) is 0 Å². The first-order valence-electron chi connectivity index (χ1n) is 14.1. The average Bonchev–Trinajstić information content (AvgIpc) is 3.11. The van der Waals surface area contributed by atoms with Crippen LogP contribution in [0.4, 0.5) is 0 Å². The zero-order valence-corrected chi connectivity index (χ0v) is 22.6. The molecule has 192 valence electrons. The number of aliphatic hydroxyl groups is 3. The Labute approximate surface area is 208 Å². The van der Waals surface area contributed by atoms with E-state index in [-0.39, 0.29) is 5.41 Å². The van der Waals surface area contributed by atoms with Crippen molar-refractivity contribution in [1.29, 1.82) is 0 Å². The second-order valence-corrected chi connectivity index (χ2v) is 13.3. The minimum Gasteiger partial charge on any atom is -0.393 e. The van der Waals surface area contributed by atoms with Crippen molar-refractivity contribution in [3.05, 3.63) is 35.5 Å². The molecule has 4 aliphatic carbocycles. The van der Waals surface area contributed by atoms with E-state index in [0.29, 0.717) is 41.9 Å². The summed E-state index contributed by atoms with van der Waals surface area (Å²) in [4.78, 5) is 0. The molecule has 9 atom stereocenters. The van der Waals surface area contributed by atoms with Gasteiger partial charge in [0, 0.05) is 11.8 Å². The van der Waals surface area contributed by atoms with E-state index in [1.807, 2.05) is 13.8 Å². The molecule has 4 rings (SSSR count). The second-order valence-electron chi connectivity index (χ2n) is 13.3. The van der Waals surface area contributed by atoms with E-state index in [1.165, 1.54) is 31.3 Å². The van der Waals surface area contributed by atoms with Crippen LogP contribution in [0.15, 0.2) is 35.5 Å². The molecule has 4 aliphatic rings. The quantitative estimate of drug-likeness (QED) is 0.368. The largest absolute Gasteiger partial charge is 0.393 e. The van der Waals surface area contributed by atoms with Gasteiger partial charge in [-0.1, -0.05) is 63.1 Å². The van der Waals surface area contributed by atoms with Crippen molar-refractivity contribution in [3.8, 4) is 0 Å². The molecule has 0 aliphatic heterocycles. The maximum atomic E-state index is 11.1. The Kier molecular flexibility index (Phi) is 7.33. The van der Waals surface area contributed by atoms with Gasteiger partial charge in [0.2, 0.25) is 0 Å². The summed E-state index contributed by atoms with van der Waals surface area (Å²) < 4.78 is 0. The lowest BCUT2D eigenvalue weighted by Crippen LogP contribution is -2.52. The lowest BCUT2D eigenvalue weighted by Gasteiger charge is -2.56. The SMILES string of the molecule is CC[C@@H](/C=C/CCC(C)(C)O)[C@H](C)[C@H]1CC[C@H]2C3=CC=C4C[C@@H](O)C[C@H](O)[C@]4(C)[C@H]3CC[C@]12C. The molecular weight excluding hydrogens is 420 g/mol. The molecule has 0 saturated heterocycles. The first-order chi connectivity index (χ1) is 15.9. The first-order valence-corrected chi connectivity index (χ1v) is 14.1. The van der Waals surface area contributed by atoms with Gasteiger partial charge in [-0.05, 0) is 100 Å². The van der Waals surface area contributed by atoms with Gasteiger partial charge < -0.3 is 15.3 Å². The van der Waals surface area contributed by atoms with E-state index >= 15 is 0 Å². The highest BCUT2D eigenvalue weighted by molar-refractivity contribution is 5.40. The maximum Gasteiger partial charge on any atom is 0.0661 e. The topological polar surface area (TPSA) is 60.7 Å². The minimum atomic E-state index is -0.592. The van der Waals surface area contributed by atoms with Gasteiger partial charge in [-0.25, -0.2) is 0 Å². The van der Waals surface area contributed by atoms with Crippen LogP contribution in [0, 0.1) is 40.4 Å². The first kappa shape index (κ1) is 26.2. The summed E-state index contributed by atoms with van der Waals surface area (Å²) >= 11 is 0. The van der Waals surface area contributed by atoms with Gasteiger partial charge in [0.25, 0.3) is 0 Å². The smallest absolute Gasteiger partial charge is 0.0661 e. The second kappa shape index (κ2) is 9.52. The molecule has 34 heavy (non-hydrogen) atoms. The Bertz CT molecular complexity index is 832. The summed E-state index contributed by atoms with van der Waals surface area (Å²) in [7, 11) is 0. The Morgan fingerprint density at radius 3 is 2.53 bits per heavy atom. The average molecular weight is 471 g/mol. The molecule has 0 aromatic rings. The highest BCUT2D eigenvalue weighted by atomic mass is 16.3. The standard InChI is InChI=1S/C31H50O3/c1-7-21(10-8-9-16-29(3,4)34)20(2)25-13-14-26-24-12-11-22-18-23(32)19-28(33)31(22,6)27(24)15-17-30(25,26)5/h8,10-12,20-21,23,25-28,32-34H,7,9,13-19H2,1-6H3/b10-8+/t20-,21-,23+,25+,26-,27-,28-,30+,31-/m0/s1. The number of hydrogen-bond acceptors (Lipinski definition) is 3. The Hall–Kier alpha value is -0.900. The van der Waals surface area contributed by atoms with E-state index in [0.717, 1.165) is 25.2 Å². The molecule has 0 unspecified atom stereocenters. The number of hydrogen-bond donors (Lipinski definition) is 3. The van der Waals surface area contributed by atoms with Crippen LogP contribution in [-0.4, -0.2) is 33.1 Å². The molecule has 0 aromatic heterocycles. The van der Waals surface area contributed by atoms with Crippen molar-refractivity contribution in [2.24, 2.45) is 40.4 Å². The normalized spacial score (nSPS) is 41.9. The molecule has 0 bridgehead atoms. The van der Waals surface area contributed by atoms with Crippen LogP contribution in [-0.2, 0) is 0 Å². The molecule has 3 nitrogen and oxygen atoms in total. The molecule has 0 heterocycles. The highest BCUT2D eigenvalue weighted by Crippen LogP contribution is 2.66. The third kappa shape index (κ3) is 4.50. The van der Waals surface area contributed by atoms with E-state index < -0.39 is 17.8 Å². The summed E-state index contributed by atoms with van der Waals surface area (Å²) in [5, 5.41) is 31.4. The van der Waals surface area contributed by atoms with Crippen LogP contribution in [0.2, 0.25) is 0 Å². The summed E-state index contributed by atoms with van der Waals surface area (Å²) in [6.45, 7) is 13.4. The number of allylic oxidation sites excluding steroid dienone is 5. The van der Waals surface area contributed by atoms with Gasteiger partial charge in [0.05, 0.1) is 17.8 Å². The summed E-state index contributed by atoms with van der Waals surface area (Å²) in [5.74, 6) is 3.00. The van der Waals surface area contributed by atoms with Gasteiger partial charge >= 0.3 is 0 Å². The molecule has 0 radical (unpaired) electrons. The van der Waals surface area contributed by atoms with Crippen LogP contribution < -0.4 is 0 Å². The zero-order valence-electron chi connectivity index (χ0n) is 22.6. The highest BCUT2D eigenvalue weighted by Gasteiger charge is 2.59. The predicted octanol–water partition coefficient (Wildman–Crippen LogP) is 6.59.